The molecule has 0 saturated carbocycles. The van der Waals surface area contributed by atoms with Crippen molar-refractivity contribution < 1.29 is 9.59 Å². The quantitative estimate of drug-likeness (QED) is 0.374. The molecular weight excluding hydrogens is 456 g/mol. The molecule has 0 fully saturated rings. The zero-order valence-electron chi connectivity index (χ0n) is 19.9. The van der Waals surface area contributed by atoms with Crippen LogP contribution in [0.2, 0.25) is 0 Å². The molecule has 0 saturated heterocycles. The summed E-state index contributed by atoms with van der Waals surface area (Å²) < 4.78 is 3.29. The topological polar surface area (TPSA) is 111 Å². The number of para-hydroxylation sites is 1. The van der Waals surface area contributed by atoms with Crippen LogP contribution >= 0.6 is 0 Å². The molecule has 0 unspecified atom stereocenters. The average molecular weight is 481 g/mol. The fraction of sp³-hybridized carbons (Fsp3) is 0.148. The smallest absolute Gasteiger partial charge is 0.290 e. The van der Waals surface area contributed by atoms with Gasteiger partial charge in [0.1, 0.15) is 5.82 Å². The van der Waals surface area contributed by atoms with E-state index in [1.165, 1.54) is 4.68 Å². The van der Waals surface area contributed by atoms with E-state index in [0.29, 0.717) is 34.8 Å². The standard InChI is InChI=1S/C27H24N6O3/c1-3-15-32-27(36)21-12-8-7-11-20(21)24(31-32)26(35)30-29-25(34)18-13-14-23-22(16-18)28-17(2)33(23)19-9-5-4-6-10-19/h4-14,16H,3,15H2,1-2H3,(H,29,34)(H,30,35). The van der Waals surface area contributed by atoms with E-state index >= 15 is 0 Å². The molecule has 5 aromatic rings. The lowest BCUT2D eigenvalue weighted by Crippen LogP contribution is -2.42. The number of benzene rings is 3. The summed E-state index contributed by atoms with van der Waals surface area (Å²) in [6.45, 7) is 4.21. The van der Waals surface area contributed by atoms with E-state index in [1.54, 1.807) is 36.4 Å². The second kappa shape index (κ2) is 9.46. The van der Waals surface area contributed by atoms with Crippen LogP contribution in [0.15, 0.2) is 77.6 Å². The van der Waals surface area contributed by atoms with Crippen molar-refractivity contribution in [2.24, 2.45) is 0 Å². The van der Waals surface area contributed by atoms with Crippen molar-refractivity contribution in [2.75, 3.05) is 0 Å². The van der Waals surface area contributed by atoms with Crippen molar-refractivity contribution in [3.63, 3.8) is 0 Å². The number of aromatic nitrogens is 4. The monoisotopic (exact) mass is 480 g/mol. The summed E-state index contributed by atoms with van der Waals surface area (Å²) in [4.78, 5) is 43.1. The van der Waals surface area contributed by atoms with Gasteiger partial charge in [0.25, 0.3) is 17.4 Å². The molecule has 5 rings (SSSR count). The number of nitrogens with zero attached hydrogens (tertiary/aromatic N) is 4. The maximum Gasteiger partial charge on any atom is 0.290 e. The summed E-state index contributed by atoms with van der Waals surface area (Å²) in [6.07, 6.45) is 0.686. The van der Waals surface area contributed by atoms with E-state index in [4.69, 9.17) is 0 Å². The molecule has 0 radical (unpaired) electrons. The van der Waals surface area contributed by atoms with Crippen LogP contribution in [-0.2, 0) is 6.54 Å². The van der Waals surface area contributed by atoms with Crippen LogP contribution in [0.5, 0.6) is 0 Å². The Labute approximate surface area is 206 Å². The van der Waals surface area contributed by atoms with Crippen molar-refractivity contribution in [1.29, 1.82) is 0 Å². The number of amides is 2. The highest BCUT2D eigenvalue weighted by Crippen LogP contribution is 2.22. The van der Waals surface area contributed by atoms with E-state index in [2.05, 4.69) is 20.9 Å². The molecule has 0 atom stereocenters. The van der Waals surface area contributed by atoms with Crippen LogP contribution in [0.3, 0.4) is 0 Å². The van der Waals surface area contributed by atoms with Gasteiger partial charge in [0, 0.05) is 23.2 Å². The fourth-order valence-electron chi connectivity index (χ4n) is 4.26. The van der Waals surface area contributed by atoms with Gasteiger partial charge in [-0.1, -0.05) is 43.3 Å². The third-order valence-corrected chi connectivity index (χ3v) is 5.91. The minimum atomic E-state index is -0.616. The molecule has 0 spiro atoms. The highest BCUT2D eigenvalue weighted by Gasteiger charge is 2.18. The first kappa shape index (κ1) is 23.0. The molecule has 2 amide bonds. The van der Waals surface area contributed by atoms with Gasteiger partial charge in [0.15, 0.2) is 5.69 Å². The summed E-state index contributed by atoms with van der Waals surface area (Å²) in [6, 6.07) is 21.8. The maximum absolute atomic E-state index is 13.0. The SMILES string of the molecule is CCCn1nc(C(=O)NNC(=O)c2ccc3c(c2)nc(C)n3-c2ccccc2)c2ccccc2c1=O. The molecule has 2 heterocycles. The van der Waals surface area contributed by atoms with E-state index in [0.717, 1.165) is 17.0 Å². The van der Waals surface area contributed by atoms with Gasteiger partial charge in [-0.15, -0.1) is 0 Å². The number of rotatable bonds is 5. The molecular formula is C27H24N6O3. The minimum absolute atomic E-state index is 0.0617. The zero-order valence-corrected chi connectivity index (χ0v) is 19.9. The summed E-state index contributed by atoms with van der Waals surface area (Å²) in [5, 5.41) is 5.07. The number of nitrogens with one attached hydrogen (secondary N) is 2. The lowest BCUT2D eigenvalue weighted by atomic mass is 10.1. The summed E-state index contributed by atoms with van der Waals surface area (Å²) >= 11 is 0. The predicted octanol–water partition coefficient (Wildman–Crippen LogP) is 3.53. The third-order valence-electron chi connectivity index (χ3n) is 5.91. The largest absolute Gasteiger partial charge is 0.297 e. The number of hydrogen-bond acceptors (Lipinski definition) is 5. The number of hydrazine groups is 1. The lowest BCUT2D eigenvalue weighted by molar-refractivity contribution is 0.0843. The van der Waals surface area contributed by atoms with Crippen molar-refractivity contribution in [3.05, 3.63) is 100 Å². The molecule has 180 valence electrons. The number of imidazole rings is 1. The molecule has 3 aromatic carbocycles. The first-order chi connectivity index (χ1) is 17.5. The Bertz CT molecular complexity index is 1670. The van der Waals surface area contributed by atoms with Crippen molar-refractivity contribution in [3.8, 4) is 5.69 Å². The lowest BCUT2D eigenvalue weighted by Gasteiger charge is -2.11. The Hall–Kier alpha value is -4.79. The first-order valence-electron chi connectivity index (χ1n) is 11.6. The summed E-state index contributed by atoms with van der Waals surface area (Å²) in [5.41, 5.74) is 7.53. The van der Waals surface area contributed by atoms with Crippen LogP contribution in [0.4, 0.5) is 0 Å². The van der Waals surface area contributed by atoms with E-state index in [1.807, 2.05) is 54.8 Å². The van der Waals surface area contributed by atoms with Gasteiger partial charge in [-0.05, 0) is 49.7 Å². The predicted molar refractivity (Wildman–Crippen MR) is 137 cm³/mol. The van der Waals surface area contributed by atoms with Crippen LogP contribution in [0.1, 0.15) is 40.0 Å². The summed E-state index contributed by atoms with van der Waals surface area (Å²) in [7, 11) is 0. The Balaban J connectivity index is 1.39. The summed E-state index contributed by atoms with van der Waals surface area (Å²) in [5.74, 6) is -0.319. The normalized spacial score (nSPS) is 11.1. The van der Waals surface area contributed by atoms with Crippen LogP contribution in [0.25, 0.3) is 27.5 Å². The Morgan fingerprint density at radius 3 is 2.33 bits per heavy atom. The van der Waals surface area contributed by atoms with E-state index < -0.39 is 11.8 Å². The van der Waals surface area contributed by atoms with Crippen molar-refractivity contribution in [1.82, 2.24) is 30.2 Å². The van der Waals surface area contributed by atoms with Gasteiger partial charge < -0.3 is 0 Å². The molecule has 9 heteroatoms. The van der Waals surface area contributed by atoms with E-state index in [9.17, 15) is 14.4 Å². The van der Waals surface area contributed by atoms with Crippen molar-refractivity contribution >= 4 is 33.6 Å². The van der Waals surface area contributed by atoms with Gasteiger partial charge in [-0.3, -0.25) is 29.8 Å². The average Bonchev–Trinajstić information content (AvgIpc) is 3.24. The van der Waals surface area contributed by atoms with E-state index in [-0.39, 0.29) is 11.3 Å². The Kier molecular flexibility index (Phi) is 6.03. The second-order valence-electron chi connectivity index (χ2n) is 8.36. The molecule has 0 aliphatic heterocycles. The minimum Gasteiger partial charge on any atom is -0.297 e. The van der Waals surface area contributed by atoms with Gasteiger partial charge in [-0.25, -0.2) is 9.67 Å². The van der Waals surface area contributed by atoms with Gasteiger partial charge >= 0.3 is 0 Å². The van der Waals surface area contributed by atoms with Gasteiger partial charge in [0.2, 0.25) is 0 Å². The molecule has 0 aliphatic carbocycles. The number of hydrogen-bond donors (Lipinski definition) is 2. The molecule has 36 heavy (non-hydrogen) atoms. The molecule has 0 aliphatic rings. The molecule has 9 nitrogen and oxygen atoms in total. The first-order valence-corrected chi connectivity index (χ1v) is 11.6. The number of carbonyl (C=O) groups excluding carboxylic acids is 2. The zero-order chi connectivity index (χ0) is 25.2. The fourth-order valence-corrected chi connectivity index (χ4v) is 4.26. The van der Waals surface area contributed by atoms with Crippen LogP contribution < -0.4 is 16.4 Å². The van der Waals surface area contributed by atoms with Gasteiger partial charge in [0.05, 0.1) is 16.4 Å². The van der Waals surface area contributed by atoms with Crippen LogP contribution in [0, 0.1) is 6.92 Å². The molecule has 2 aromatic heterocycles. The molecule has 0 bridgehead atoms. The second-order valence-corrected chi connectivity index (χ2v) is 8.36. The van der Waals surface area contributed by atoms with Gasteiger partial charge in [-0.2, -0.15) is 5.10 Å². The maximum atomic E-state index is 13.0. The Morgan fingerprint density at radius 1 is 0.889 bits per heavy atom. The van der Waals surface area contributed by atoms with Crippen LogP contribution in [-0.4, -0.2) is 31.1 Å². The number of aryl methyl sites for hydroxylation is 2. The highest BCUT2D eigenvalue weighted by molar-refractivity contribution is 6.06. The number of fused-ring (bicyclic) bond motifs is 2. The number of carbonyl (C=O) groups is 2. The third kappa shape index (κ3) is 4.11. The van der Waals surface area contributed by atoms with Crippen molar-refractivity contribution in [2.45, 2.75) is 26.8 Å². The highest BCUT2D eigenvalue weighted by atomic mass is 16.2. The molecule has 2 N–H and O–H groups in total. The Morgan fingerprint density at radius 2 is 1.58 bits per heavy atom.